The van der Waals surface area contributed by atoms with Crippen LogP contribution >= 0.6 is 23.7 Å². The lowest BCUT2D eigenvalue weighted by Crippen LogP contribution is -2.17. The summed E-state index contributed by atoms with van der Waals surface area (Å²) in [6.07, 6.45) is 0. The van der Waals surface area contributed by atoms with Crippen molar-refractivity contribution >= 4 is 23.7 Å². The number of aromatic hydroxyl groups is 1. The molecule has 2 N–H and O–H groups in total. The van der Waals surface area contributed by atoms with Crippen molar-refractivity contribution in [2.24, 2.45) is 0 Å². The van der Waals surface area contributed by atoms with Crippen LogP contribution in [0.1, 0.15) is 57.7 Å². The second-order valence-electron chi connectivity index (χ2n) is 9.65. The molecule has 0 aliphatic heterocycles. The molecule has 0 radical (unpaired) electrons. The molecule has 3 aromatic rings. The fourth-order valence-corrected chi connectivity index (χ4v) is 4.27. The molecular formula is C25H33ClN2OS. The minimum Gasteiger partial charge on any atom is -0.507 e. The second kappa shape index (κ2) is 9.09. The molecule has 0 fully saturated rings. The number of nitrogens with zero attached hydrogens (tertiary/aromatic N) is 1. The number of benzene rings is 2. The summed E-state index contributed by atoms with van der Waals surface area (Å²) in [5.41, 5.74) is 6.13. The first-order valence-corrected chi connectivity index (χ1v) is 11.0. The van der Waals surface area contributed by atoms with Gasteiger partial charge < -0.3 is 10.4 Å². The van der Waals surface area contributed by atoms with Crippen LogP contribution in [0.5, 0.6) is 5.75 Å². The van der Waals surface area contributed by atoms with Gasteiger partial charge in [0.25, 0.3) is 0 Å². The minimum atomic E-state index is -0.135. The van der Waals surface area contributed by atoms with Crippen molar-refractivity contribution in [1.29, 1.82) is 0 Å². The largest absolute Gasteiger partial charge is 0.507 e. The highest BCUT2D eigenvalue weighted by atomic mass is 35.5. The zero-order chi connectivity index (χ0) is 21.4. The van der Waals surface area contributed by atoms with Gasteiger partial charge in [0.1, 0.15) is 10.8 Å². The Morgan fingerprint density at radius 1 is 0.867 bits per heavy atom. The van der Waals surface area contributed by atoms with Crippen molar-refractivity contribution in [3.05, 3.63) is 57.9 Å². The molecule has 0 amide bonds. The van der Waals surface area contributed by atoms with E-state index in [4.69, 9.17) is 4.98 Å². The van der Waals surface area contributed by atoms with Gasteiger partial charge in [-0.05, 0) is 41.1 Å². The van der Waals surface area contributed by atoms with Gasteiger partial charge in [-0.15, -0.1) is 23.7 Å². The Morgan fingerprint density at radius 2 is 1.37 bits per heavy atom. The zero-order valence-electron chi connectivity index (χ0n) is 19.0. The van der Waals surface area contributed by atoms with E-state index in [0.717, 1.165) is 45.1 Å². The third-order valence-electron chi connectivity index (χ3n) is 5.12. The van der Waals surface area contributed by atoms with Crippen LogP contribution in [-0.2, 0) is 17.4 Å². The summed E-state index contributed by atoms with van der Waals surface area (Å²) in [4.78, 5) is 4.70. The average molecular weight is 445 g/mol. The highest BCUT2D eigenvalue weighted by Crippen LogP contribution is 2.42. The monoisotopic (exact) mass is 444 g/mol. The number of halogens is 1. The van der Waals surface area contributed by atoms with Crippen molar-refractivity contribution in [3.8, 4) is 28.1 Å². The maximum absolute atomic E-state index is 11.0. The van der Waals surface area contributed by atoms with Crippen LogP contribution in [0, 0.1) is 0 Å². The lowest BCUT2D eigenvalue weighted by molar-refractivity contribution is 0.423. The van der Waals surface area contributed by atoms with Gasteiger partial charge in [-0.1, -0.05) is 65.8 Å². The van der Waals surface area contributed by atoms with Gasteiger partial charge in [0.15, 0.2) is 0 Å². The number of thiazole rings is 1. The van der Waals surface area contributed by atoms with Crippen molar-refractivity contribution in [2.75, 3.05) is 7.05 Å². The van der Waals surface area contributed by atoms with Crippen LogP contribution < -0.4 is 5.32 Å². The fraction of sp³-hybridized carbons (Fsp3) is 0.400. The molecule has 0 aliphatic rings. The standard InChI is InChI=1S/C25H32N2OS.ClH/c1-24(2,3)19-12-18(13-20(23(19)28)25(4,5)6)16-8-10-17(11-9-16)21-15-29-22(27-21)14-26-7;/h8-13,15,26,28H,14H2,1-7H3;1H. The number of hydrogen-bond donors (Lipinski definition) is 2. The highest BCUT2D eigenvalue weighted by Gasteiger charge is 2.26. The van der Waals surface area contributed by atoms with E-state index in [9.17, 15) is 5.11 Å². The molecule has 162 valence electrons. The summed E-state index contributed by atoms with van der Waals surface area (Å²) in [5, 5.41) is 17.3. The highest BCUT2D eigenvalue weighted by molar-refractivity contribution is 7.09. The molecule has 0 spiro atoms. The molecule has 1 heterocycles. The Morgan fingerprint density at radius 3 is 1.83 bits per heavy atom. The first kappa shape index (κ1) is 24.4. The van der Waals surface area contributed by atoms with Gasteiger partial charge in [0.05, 0.1) is 5.69 Å². The predicted molar refractivity (Wildman–Crippen MR) is 132 cm³/mol. The fourth-order valence-electron chi connectivity index (χ4n) is 3.45. The van der Waals surface area contributed by atoms with Gasteiger partial charge >= 0.3 is 0 Å². The van der Waals surface area contributed by atoms with Crippen LogP contribution in [0.3, 0.4) is 0 Å². The normalized spacial score (nSPS) is 12.0. The molecule has 0 saturated heterocycles. The molecule has 0 aliphatic carbocycles. The molecule has 2 aromatic carbocycles. The summed E-state index contributed by atoms with van der Waals surface area (Å²) in [7, 11) is 1.94. The zero-order valence-corrected chi connectivity index (χ0v) is 20.6. The quantitative estimate of drug-likeness (QED) is 0.459. The number of nitrogens with one attached hydrogen (secondary N) is 1. The molecule has 30 heavy (non-hydrogen) atoms. The SMILES string of the molecule is CNCc1nc(-c2ccc(-c3cc(C(C)(C)C)c(O)c(C(C)(C)C)c3)cc2)cs1.Cl. The number of rotatable bonds is 4. The van der Waals surface area contributed by atoms with E-state index in [1.54, 1.807) is 11.3 Å². The summed E-state index contributed by atoms with van der Waals surface area (Å²) < 4.78 is 0. The molecule has 0 bridgehead atoms. The number of phenolic OH excluding ortho intramolecular Hbond substituents is 1. The maximum Gasteiger partial charge on any atom is 0.123 e. The van der Waals surface area contributed by atoms with Gasteiger partial charge in [0, 0.05) is 28.6 Å². The Kier molecular flexibility index (Phi) is 7.39. The van der Waals surface area contributed by atoms with E-state index < -0.39 is 0 Å². The summed E-state index contributed by atoms with van der Waals surface area (Å²) >= 11 is 1.68. The lowest BCUT2D eigenvalue weighted by Gasteiger charge is -2.28. The average Bonchev–Trinajstić information content (AvgIpc) is 3.09. The van der Waals surface area contributed by atoms with Crippen LogP contribution in [0.4, 0.5) is 0 Å². The molecule has 5 heteroatoms. The Labute approximate surface area is 191 Å². The van der Waals surface area contributed by atoms with Crippen molar-refractivity contribution in [2.45, 2.75) is 58.9 Å². The van der Waals surface area contributed by atoms with Crippen LogP contribution in [0.2, 0.25) is 0 Å². The first-order chi connectivity index (χ1) is 13.5. The Balaban J connectivity index is 0.00000320. The van der Waals surface area contributed by atoms with Crippen LogP contribution in [-0.4, -0.2) is 17.1 Å². The molecule has 3 rings (SSSR count). The van der Waals surface area contributed by atoms with E-state index in [2.05, 4.69) is 88.6 Å². The Hall–Kier alpha value is -1.88. The van der Waals surface area contributed by atoms with Gasteiger partial charge in [-0.25, -0.2) is 4.98 Å². The van der Waals surface area contributed by atoms with Crippen LogP contribution in [0.25, 0.3) is 22.4 Å². The third-order valence-corrected chi connectivity index (χ3v) is 5.97. The van der Waals surface area contributed by atoms with Crippen molar-refractivity contribution < 1.29 is 5.11 Å². The lowest BCUT2D eigenvalue weighted by atomic mass is 9.77. The first-order valence-electron chi connectivity index (χ1n) is 10.1. The molecule has 1 aromatic heterocycles. The molecule has 0 saturated carbocycles. The third kappa shape index (κ3) is 5.23. The van der Waals surface area contributed by atoms with E-state index in [1.807, 2.05) is 7.05 Å². The number of aromatic nitrogens is 1. The summed E-state index contributed by atoms with van der Waals surface area (Å²) in [6, 6.07) is 12.8. The van der Waals surface area contributed by atoms with Gasteiger partial charge in [0.2, 0.25) is 0 Å². The molecule has 3 nitrogen and oxygen atoms in total. The molecule has 0 unspecified atom stereocenters. The van der Waals surface area contributed by atoms with Gasteiger partial charge in [-0.2, -0.15) is 0 Å². The summed E-state index contributed by atoms with van der Waals surface area (Å²) in [6.45, 7) is 13.7. The predicted octanol–water partition coefficient (Wildman–Crippen LogP) is 6.92. The maximum atomic E-state index is 11.0. The minimum absolute atomic E-state index is 0. The molecule has 0 atom stereocenters. The van der Waals surface area contributed by atoms with Crippen LogP contribution in [0.15, 0.2) is 41.8 Å². The number of hydrogen-bond acceptors (Lipinski definition) is 4. The number of phenols is 1. The Bertz CT molecular complexity index is 960. The van der Waals surface area contributed by atoms with Crippen molar-refractivity contribution in [1.82, 2.24) is 10.3 Å². The van der Waals surface area contributed by atoms with E-state index in [0.29, 0.717) is 5.75 Å². The van der Waals surface area contributed by atoms with Gasteiger partial charge in [-0.3, -0.25) is 0 Å². The van der Waals surface area contributed by atoms with E-state index in [1.165, 1.54) is 0 Å². The summed E-state index contributed by atoms with van der Waals surface area (Å²) in [5.74, 6) is 0.421. The topological polar surface area (TPSA) is 45.2 Å². The molecular weight excluding hydrogens is 412 g/mol. The van der Waals surface area contributed by atoms with E-state index >= 15 is 0 Å². The van der Waals surface area contributed by atoms with Crippen molar-refractivity contribution in [3.63, 3.8) is 0 Å². The van der Waals surface area contributed by atoms with E-state index in [-0.39, 0.29) is 23.2 Å². The smallest absolute Gasteiger partial charge is 0.123 e. The second-order valence-corrected chi connectivity index (χ2v) is 10.6.